The molecular formula is C28H32N4O5. The lowest BCUT2D eigenvalue weighted by Crippen LogP contribution is -2.53. The van der Waals surface area contributed by atoms with Crippen LogP contribution < -0.4 is 10.6 Å². The van der Waals surface area contributed by atoms with Crippen LogP contribution in [0.1, 0.15) is 31.9 Å². The van der Waals surface area contributed by atoms with E-state index in [0.717, 1.165) is 32.9 Å². The molecule has 9 nitrogen and oxygen atoms in total. The molecule has 4 rings (SSSR count). The number of nitrogens with one attached hydrogen (secondary N) is 3. The smallest absolute Gasteiger partial charge is 0.408 e. The van der Waals surface area contributed by atoms with Crippen LogP contribution in [0.5, 0.6) is 0 Å². The van der Waals surface area contributed by atoms with Crippen molar-refractivity contribution in [3.63, 3.8) is 0 Å². The Morgan fingerprint density at radius 2 is 1.59 bits per heavy atom. The molecule has 9 heteroatoms. The van der Waals surface area contributed by atoms with Gasteiger partial charge >= 0.3 is 12.1 Å². The normalized spacial score (nSPS) is 13.3. The second-order valence-electron chi connectivity index (χ2n) is 10.1. The molecule has 0 saturated carbocycles. The van der Waals surface area contributed by atoms with Gasteiger partial charge in [-0.2, -0.15) is 0 Å². The molecule has 2 amide bonds. The Morgan fingerprint density at radius 3 is 2.30 bits per heavy atom. The predicted octanol–water partition coefficient (Wildman–Crippen LogP) is 3.91. The monoisotopic (exact) mass is 504 g/mol. The molecular weight excluding hydrogens is 472 g/mol. The quantitative estimate of drug-likeness (QED) is 0.290. The van der Waals surface area contributed by atoms with Crippen molar-refractivity contribution in [1.82, 2.24) is 20.2 Å². The molecule has 0 fully saturated rings. The van der Waals surface area contributed by atoms with Crippen LogP contribution in [0, 0.1) is 0 Å². The lowest BCUT2D eigenvalue weighted by atomic mass is 10.0. The molecule has 194 valence electrons. The summed E-state index contributed by atoms with van der Waals surface area (Å²) in [7, 11) is 1.89. The number of fused-ring (bicyclic) bond motifs is 2. The number of aromatic amines is 1. The van der Waals surface area contributed by atoms with Gasteiger partial charge < -0.3 is 30.0 Å². The highest BCUT2D eigenvalue weighted by Gasteiger charge is 2.30. The van der Waals surface area contributed by atoms with Gasteiger partial charge in [-0.15, -0.1) is 0 Å². The zero-order chi connectivity index (χ0) is 26.7. The van der Waals surface area contributed by atoms with E-state index in [1.165, 1.54) is 0 Å². The number of rotatable bonds is 8. The standard InChI is InChI=1S/C28H32N4O5/c1-28(2,3)37-27(36)31-22(13-17-15-29-21-11-7-5-9-19(17)21)25(33)30-23(26(34)35)14-18-16-32(4)24-12-8-6-10-20(18)24/h5-12,15-16,22-23,29H,13-14H2,1-4H3,(H,30,33)(H,31,36)(H,34,35)/t22-,23+/m0/s1. The first kappa shape index (κ1) is 25.8. The number of hydrogen-bond donors (Lipinski definition) is 4. The third kappa shape index (κ3) is 6.11. The number of aromatic nitrogens is 2. The van der Waals surface area contributed by atoms with Crippen LogP contribution in [0.4, 0.5) is 4.79 Å². The zero-order valence-electron chi connectivity index (χ0n) is 21.4. The number of aliphatic carboxylic acids is 1. The molecule has 0 unspecified atom stereocenters. The van der Waals surface area contributed by atoms with E-state index in [-0.39, 0.29) is 12.8 Å². The molecule has 2 aromatic carbocycles. The molecule has 2 atom stereocenters. The lowest BCUT2D eigenvalue weighted by Gasteiger charge is -2.24. The number of ether oxygens (including phenoxy) is 1. The van der Waals surface area contributed by atoms with Gasteiger partial charge in [0.15, 0.2) is 0 Å². The molecule has 0 aliphatic rings. The SMILES string of the molecule is Cn1cc(C[C@@H](NC(=O)[C@H](Cc2c[nH]c3ccccc23)NC(=O)OC(C)(C)C)C(=O)O)c2ccccc21. The van der Waals surface area contributed by atoms with Crippen molar-refractivity contribution < 1.29 is 24.2 Å². The average Bonchev–Trinajstić information content (AvgIpc) is 3.38. The highest BCUT2D eigenvalue weighted by Crippen LogP contribution is 2.22. The van der Waals surface area contributed by atoms with E-state index >= 15 is 0 Å². The summed E-state index contributed by atoms with van der Waals surface area (Å²) in [6, 6.07) is 13.1. The summed E-state index contributed by atoms with van der Waals surface area (Å²) in [6.45, 7) is 5.18. The second-order valence-corrected chi connectivity index (χ2v) is 10.1. The van der Waals surface area contributed by atoms with Crippen molar-refractivity contribution in [3.05, 3.63) is 72.1 Å². The highest BCUT2D eigenvalue weighted by molar-refractivity contribution is 5.91. The number of hydrogen-bond acceptors (Lipinski definition) is 4. The third-order valence-corrected chi connectivity index (χ3v) is 6.12. The number of alkyl carbamates (subject to hydrolysis) is 1. The minimum atomic E-state index is -1.19. The van der Waals surface area contributed by atoms with Gasteiger partial charge in [0, 0.05) is 54.1 Å². The molecule has 0 aliphatic carbocycles. The molecule has 4 N–H and O–H groups in total. The van der Waals surface area contributed by atoms with E-state index in [1.54, 1.807) is 27.0 Å². The van der Waals surface area contributed by atoms with E-state index in [9.17, 15) is 19.5 Å². The van der Waals surface area contributed by atoms with Crippen molar-refractivity contribution in [2.75, 3.05) is 0 Å². The maximum absolute atomic E-state index is 13.4. The molecule has 4 aromatic rings. The predicted molar refractivity (Wildman–Crippen MR) is 141 cm³/mol. The largest absolute Gasteiger partial charge is 0.480 e. The van der Waals surface area contributed by atoms with Gasteiger partial charge in [0.25, 0.3) is 0 Å². The number of amides is 2. The van der Waals surface area contributed by atoms with Crippen LogP contribution >= 0.6 is 0 Å². The Kier molecular flexibility index (Phi) is 7.24. The van der Waals surface area contributed by atoms with Gasteiger partial charge in [-0.1, -0.05) is 36.4 Å². The van der Waals surface area contributed by atoms with Crippen molar-refractivity contribution in [2.45, 2.75) is 51.3 Å². The summed E-state index contributed by atoms with van der Waals surface area (Å²) < 4.78 is 7.29. The van der Waals surface area contributed by atoms with Gasteiger partial charge in [-0.05, 0) is 44.0 Å². The number of para-hydroxylation sites is 2. The molecule has 2 heterocycles. The van der Waals surface area contributed by atoms with E-state index < -0.39 is 35.7 Å². The van der Waals surface area contributed by atoms with Gasteiger partial charge in [0.1, 0.15) is 17.7 Å². The molecule has 0 saturated heterocycles. The maximum atomic E-state index is 13.4. The number of carbonyl (C=O) groups is 3. The summed E-state index contributed by atoms with van der Waals surface area (Å²) in [6.07, 6.45) is 3.14. The highest BCUT2D eigenvalue weighted by atomic mass is 16.6. The van der Waals surface area contributed by atoms with E-state index in [2.05, 4.69) is 15.6 Å². The summed E-state index contributed by atoms with van der Waals surface area (Å²) in [5.74, 6) is -1.77. The van der Waals surface area contributed by atoms with Crippen LogP contribution in [-0.2, 0) is 34.2 Å². The van der Waals surface area contributed by atoms with Crippen LogP contribution in [-0.4, -0.2) is 50.3 Å². The van der Waals surface area contributed by atoms with E-state index in [4.69, 9.17) is 4.74 Å². The van der Waals surface area contributed by atoms with Gasteiger partial charge in [-0.25, -0.2) is 9.59 Å². The fourth-order valence-corrected chi connectivity index (χ4v) is 4.46. The first-order valence-corrected chi connectivity index (χ1v) is 12.1. The number of carboxylic acids is 1. The van der Waals surface area contributed by atoms with E-state index in [0.29, 0.717) is 0 Å². The number of carboxylic acid groups (broad SMARTS) is 1. The molecule has 0 spiro atoms. The number of carbonyl (C=O) groups excluding carboxylic acids is 2. The Morgan fingerprint density at radius 1 is 0.946 bits per heavy atom. The number of aryl methyl sites for hydroxylation is 1. The summed E-state index contributed by atoms with van der Waals surface area (Å²) >= 11 is 0. The van der Waals surface area contributed by atoms with Crippen molar-refractivity contribution in [3.8, 4) is 0 Å². The van der Waals surface area contributed by atoms with E-state index in [1.807, 2.05) is 66.3 Å². The molecule has 2 aromatic heterocycles. The first-order valence-electron chi connectivity index (χ1n) is 12.1. The fourth-order valence-electron chi connectivity index (χ4n) is 4.46. The van der Waals surface area contributed by atoms with Crippen molar-refractivity contribution >= 4 is 39.8 Å². The Hall–Kier alpha value is -4.27. The first-order chi connectivity index (χ1) is 17.5. The van der Waals surface area contributed by atoms with Crippen molar-refractivity contribution in [2.24, 2.45) is 7.05 Å². The number of nitrogens with zero attached hydrogens (tertiary/aromatic N) is 1. The third-order valence-electron chi connectivity index (χ3n) is 6.12. The van der Waals surface area contributed by atoms with Crippen LogP contribution in [0.25, 0.3) is 21.8 Å². The minimum Gasteiger partial charge on any atom is -0.480 e. The molecule has 0 bridgehead atoms. The molecule has 0 aliphatic heterocycles. The van der Waals surface area contributed by atoms with Gasteiger partial charge in [0.2, 0.25) is 5.91 Å². The minimum absolute atomic E-state index is 0.0919. The van der Waals surface area contributed by atoms with Gasteiger partial charge in [-0.3, -0.25) is 4.79 Å². The lowest BCUT2D eigenvalue weighted by molar-refractivity contribution is -0.142. The fraction of sp³-hybridized carbons (Fsp3) is 0.321. The summed E-state index contributed by atoms with van der Waals surface area (Å²) in [4.78, 5) is 41.3. The Bertz CT molecular complexity index is 1450. The van der Waals surface area contributed by atoms with Crippen LogP contribution in [0.3, 0.4) is 0 Å². The van der Waals surface area contributed by atoms with Crippen LogP contribution in [0.2, 0.25) is 0 Å². The second kappa shape index (κ2) is 10.4. The topological polar surface area (TPSA) is 125 Å². The zero-order valence-corrected chi connectivity index (χ0v) is 21.4. The molecule has 0 radical (unpaired) electrons. The maximum Gasteiger partial charge on any atom is 0.408 e. The van der Waals surface area contributed by atoms with Crippen LogP contribution in [0.15, 0.2) is 60.9 Å². The summed E-state index contributed by atoms with van der Waals surface area (Å²) in [5, 5.41) is 17.0. The van der Waals surface area contributed by atoms with Gasteiger partial charge in [0.05, 0.1) is 0 Å². The number of H-pyrrole nitrogens is 1. The van der Waals surface area contributed by atoms with Crippen molar-refractivity contribution in [1.29, 1.82) is 0 Å². The summed E-state index contributed by atoms with van der Waals surface area (Å²) in [5.41, 5.74) is 2.72. The Labute approximate surface area is 214 Å². The molecule has 37 heavy (non-hydrogen) atoms. The number of benzene rings is 2. The Balaban J connectivity index is 1.57. The average molecular weight is 505 g/mol.